The molecule has 1 aromatic rings. The van der Waals surface area contributed by atoms with Gasteiger partial charge in [-0.25, -0.2) is 13.1 Å². The van der Waals surface area contributed by atoms with Gasteiger partial charge in [0.25, 0.3) is 0 Å². The molecule has 1 fully saturated rings. The van der Waals surface area contributed by atoms with Crippen molar-refractivity contribution in [3.8, 4) is 5.75 Å². The highest BCUT2D eigenvalue weighted by atomic mass is 32.2. The minimum Gasteiger partial charge on any atom is -0.506 e. The van der Waals surface area contributed by atoms with Crippen LogP contribution in [0.4, 0.5) is 5.69 Å². The van der Waals surface area contributed by atoms with Gasteiger partial charge in [-0.3, -0.25) is 0 Å². The number of ether oxygens (including phenoxy) is 1. The number of aromatic hydroxyl groups is 1. The molecule has 0 spiro atoms. The van der Waals surface area contributed by atoms with Crippen molar-refractivity contribution in [3.63, 3.8) is 0 Å². The lowest BCUT2D eigenvalue weighted by atomic mass is 10.1. The van der Waals surface area contributed by atoms with Crippen LogP contribution in [0.25, 0.3) is 0 Å². The average Bonchev–Trinajstić information content (AvgIpc) is 2.85. The van der Waals surface area contributed by atoms with Crippen LogP contribution in [0.5, 0.6) is 5.75 Å². The van der Waals surface area contributed by atoms with Crippen LogP contribution in [0.2, 0.25) is 0 Å². The number of nitrogen functional groups attached to an aromatic ring is 1. The fourth-order valence-electron chi connectivity index (χ4n) is 2.09. The summed E-state index contributed by atoms with van der Waals surface area (Å²) in [5, 5.41) is 9.30. The summed E-state index contributed by atoms with van der Waals surface area (Å²) in [5.74, 6) is -0.133. The number of anilines is 1. The van der Waals surface area contributed by atoms with E-state index in [1.165, 1.54) is 18.2 Å². The van der Waals surface area contributed by atoms with Crippen LogP contribution in [0.1, 0.15) is 19.8 Å². The van der Waals surface area contributed by atoms with Gasteiger partial charge in [-0.15, -0.1) is 0 Å². The van der Waals surface area contributed by atoms with Gasteiger partial charge < -0.3 is 15.6 Å². The maximum atomic E-state index is 12.2. The lowest BCUT2D eigenvalue weighted by molar-refractivity contribution is 0.0902. The van der Waals surface area contributed by atoms with E-state index in [0.29, 0.717) is 6.61 Å². The molecule has 6 nitrogen and oxygen atoms in total. The molecule has 19 heavy (non-hydrogen) atoms. The van der Waals surface area contributed by atoms with Crippen molar-refractivity contribution < 1.29 is 18.3 Å². The number of benzene rings is 1. The van der Waals surface area contributed by atoms with Crippen LogP contribution >= 0.6 is 0 Å². The van der Waals surface area contributed by atoms with Gasteiger partial charge in [0.15, 0.2) is 0 Å². The van der Waals surface area contributed by atoms with Crippen LogP contribution in [0, 0.1) is 0 Å². The molecule has 0 bridgehead atoms. The van der Waals surface area contributed by atoms with Gasteiger partial charge >= 0.3 is 0 Å². The maximum absolute atomic E-state index is 12.2. The Labute approximate surface area is 112 Å². The number of nitrogens with two attached hydrogens (primary N) is 1. The highest BCUT2D eigenvalue weighted by Gasteiger charge is 2.27. The number of rotatable bonds is 4. The third-order valence-electron chi connectivity index (χ3n) is 3.17. The zero-order chi connectivity index (χ0) is 14.0. The van der Waals surface area contributed by atoms with Gasteiger partial charge in [-0.2, -0.15) is 0 Å². The van der Waals surface area contributed by atoms with Crippen LogP contribution < -0.4 is 10.5 Å². The van der Waals surface area contributed by atoms with Crippen LogP contribution in [0.15, 0.2) is 23.1 Å². The third kappa shape index (κ3) is 3.17. The lowest BCUT2D eigenvalue weighted by Crippen LogP contribution is -2.40. The van der Waals surface area contributed by atoms with Gasteiger partial charge in [0, 0.05) is 12.6 Å². The van der Waals surface area contributed by atoms with Crippen LogP contribution in [-0.4, -0.2) is 32.3 Å². The summed E-state index contributed by atoms with van der Waals surface area (Å²) in [7, 11) is -3.66. The summed E-state index contributed by atoms with van der Waals surface area (Å²) in [5.41, 5.74) is 5.54. The molecule has 0 amide bonds. The summed E-state index contributed by atoms with van der Waals surface area (Å²) in [6, 6.07) is 3.51. The quantitative estimate of drug-likeness (QED) is 0.562. The van der Waals surface area contributed by atoms with Gasteiger partial charge in [0.05, 0.1) is 16.7 Å². The molecule has 2 unspecified atom stereocenters. The minimum absolute atomic E-state index is 0.0349. The Balaban J connectivity index is 2.15. The number of hydrogen-bond donors (Lipinski definition) is 3. The average molecular weight is 286 g/mol. The summed E-state index contributed by atoms with van der Waals surface area (Å²) >= 11 is 0. The summed E-state index contributed by atoms with van der Waals surface area (Å²) in [4.78, 5) is 0.0349. The fraction of sp³-hybridized carbons (Fsp3) is 0.500. The Morgan fingerprint density at radius 3 is 2.84 bits per heavy atom. The molecule has 7 heteroatoms. The van der Waals surface area contributed by atoms with Gasteiger partial charge in [-0.05, 0) is 38.0 Å². The first-order chi connectivity index (χ1) is 8.90. The van der Waals surface area contributed by atoms with E-state index in [4.69, 9.17) is 10.5 Å². The molecule has 2 atom stereocenters. The van der Waals surface area contributed by atoms with E-state index < -0.39 is 10.0 Å². The van der Waals surface area contributed by atoms with Gasteiger partial charge in [0.1, 0.15) is 5.75 Å². The van der Waals surface area contributed by atoms with Gasteiger partial charge in [-0.1, -0.05) is 0 Å². The molecule has 0 aliphatic carbocycles. The largest absolute Gasteiger partial charge is 0.506 e. The maximum Gasteiger partial charge on any atom is 0.240 e. The summed E-state index contributed by atoms with van der Waals surface area (Å²) in [6.07, 6.45) is 1.70. The Bertz CT molecular complexity index is 553. The Hall–Kier alpha value is -1.31. The topological polar surface area (TPSA) is 102 Å². The molecule has 1 aliphatic rings. The van der Waals surface area contributed by atoms with E-state index in [1.807, 2.05) is 0 Å². The summed E-state index contributed by atoms with van der Waals surface area (Å²) < 4.78 is 32.3. The number of nitrogens with one attached hydrogen (secondary N) is 1. The third-order valence-corrected chi connectivity index (χ3v) is 4.73. The Morgan fingerprint density at radius 2 is 2.26 bits per heavy atom. The van der Waals surface area contributed by atoms with Crippen LogP contribution in [0.3, 0.4) is 0 Å². The van der Waals surface area contributed by atoms with E-state index in [0.717, 1.165) is 12.8 Å². The number of hydrogen-bond acceptors (Lipinski definition) is 5. The smallest absolute Gasteiger partial charge is 0.240 e. The van der Waals surface area contributed by atoms with E-state index >= 15 is 0 Å². The molecule has 106 valence electrons. The first-order valence-corrected chi connectivity index (χ1v) is 7.61. The van der Waals surface area contributed by atoms with Crippen molar-refractivity contribution in [1.29, 1.82) is 0 Å². The van der Waals surface area contributed by atoms with E-state index in [1.54, 1.807) is 6.92 Å². The minimum atomic E-state index is -3.66. The predicted octanol–water partition coefficient (Wildman–Crippen LogP) is 0.820. The molecule has 1 aliphatic heterocycles. The second kappa shape index (κ2) is 5.36. The molecule has 4 N–H and O–H groups in total. The van der Waals surface area contributed by atoms with E-state index in [-0.39, 0.29) is 28.5 Å². The van der Waals surface area contributed by atoms with Gasteiger partial charge in [0.2, 0.25) is 10.0 Å². The monoisotopic (exact) mass is 286 g/mol. The number of phenols is 1. The van der Waals surface area contributed by atoms with Crippen molar-refractivity contribution >= 4 is 15.7 Å². The van der Waals surface area contributed by atoms with Crippen molar-refractivity contribution in [2.45, 2.75) is 36.8 Å². The predicted molar refractivity (Wildman–Crippen MR) is 71.3 cm³/mol. The Kier molecular flexibility index (Phi) is 3.98. The lowest BCUT2D eigenvalue weighted by Gasteiger charge is -2.20. The van der Waals surface area contributed by atoms with E-state index in [9.17, 15) is 13.5 Å². The SMILES string of the molecule is CC(NS(=O)(=O)c1ccc(O)c(N)c1)C1CCCO1. The number of phenolic OH excluding ortho intramolecular Hbond substituents is 1. The van der Waals surface area contributed by atoms with Crippen molar-refractivity contribution in [2.75, 3.05) is 12.3 Å². The second-order valence-corrected chi connectivity index (χ2v) is 6.40. The van der Waals surface area contributed by atoms with Crippen molar-refractivity contribution in [2.24, 2.45) is 0 Å². The highest BCUT2D eigenvalue weighted by molar-refractivity contribution is 7.89. The molecular weight excluding hydrogens is 268 g/mol. The van der Waals surface area contributed by atoms with Crippen molar-refractivity contribution in [3.05, 3.63) is 18.2 Å². The van der Waals surface area contributed by atoms with Crippen molar-refractivity contribution in [1.82, 2.24) is 4.72 Å². The number of sulfonamides is 1. The normalized spacial score (nSPS) is 21.4. The zero-order valence-corrected chi connectivity index (χ0v) is 11.5. The molecular formula is C12H18N2O4S. The molecule has 2 rings (SSSR count). The van der Waals surface area contributed by atoms with Crippen LogP contribution in [-0.2, 0) is 14.8 Å². The standard InChI is InChI=1S/C12H18N2O4S/c1-8(12-3-2-6-18-12)14-19(16,17)9-4-5-11(15)10(13)7-9/h4-5,7-8,12,14-15H,2-3,6,13H2,1H3. The molecule has 1 saturated heterocycles. The highest BCUT2D eigenvalue weighted by Crippen LogP contribution is 2.24. The second-order valence-electron chi connectivity index (χ2n) is 4.68. The zero-order valence-electron chi connectivity index (χ0n) is 10.7. The molecule has 0 radical (unpaired) electrons. The molecule has 1 heterocycles. The first kappa shape index (κ1) is 14.1. The Morgan fingerprint density at radius 1 is 1.53 bits per heavy atom. The molecule has 0 aromatic heterocycles. The first-order valence-electron chi connectivity index (χ1n) is 6.12. The molecule has 0 saturated carbocycles. The summed E-state index contributed by atoms with van der Waals surface area (Å²) in [6.45, 7) is 2.44. The fourth-order valence-corrected chi connectivity index (χ4v) is 3.39. The molecule has 1 aromatic carbocycles. The van der Waals surface area contributed by atoms with E-state index in [2.05, 4.69) is 4.72 Å².